The predicted octanol–water partition coefficient (Wildman–Crippen LogP) is 0.527. The van der Waals surface area contributed by atoms with Crippen molar-refractivity contribution in [3.05, 3.63) is 29.8 Å². The van der Waals surface area contributed by atoms with E-state index in [4.69, 9.17) is 15.4 Å². The lowest BCUT2D eigenvalue weighted by molar-refractivity contribution is -0.132. The molecule has 19 heavy (non-hydrogen) atoms. The van der Waals surface area contributed by atoms with Crippen LogP contribution in [0, 0.1) is 6.92 Å². The zero-order valence-corrected chi connectivity index (χ0v) is 11.9. The second kappa shape index (κ2) is 6.76. The molecule has 0 saturated heterocycles. The molecule has 1 aromatic rings. The van der Waals surface area contributed by atoms with Crippen molar-refractivity contribution in [2.75, 3.05) is 6.54 Å². The first-order valence-corrected chi connectivity index (χ1v) is 6.92. The normalized spacial score (nSPS) is 11.5. The van der Waals surface area contributed by atoms with Crippen molar-refractivity contribution in [1.82, 2.24) is 0 Å². The number of rotatable bonds is 3. The summed E-state index contributed by atoms with van der Waals surface area (Å²) in [5.74, 6) is -0.336. The van der Waals surface area contributed by atoms with Crippen molar-refractivity contribution in [3.8, 4) is 0 Å². The van der Waals surface area contributed by atoms with Crippen molar-refractivity contribution in [2.24, 2.45) is 5.73 Å². The number of ketones is 1. The van der Waals surface area contributed by atoms with Gasteiger partial charge in [0.25, 0.3) is 10.1 Å². The number of carbonyl (C=O) groups is 1. The maximum atomic E-state index is 10.5. The number of aryl methyl sites for hydroxylation is 1. The van der Waals surface area contributed by atoms with Crippen molar-refractivity contribution in [2.45, 2.75) is 31.3 Å². The molecule has 0 aromatic heterocycles. The molecule has 1 rings (SSSR count). The van der Waals surface area contributed by atoms with Gasteiger partial charge in [0, 0.05) is 0 Å². The van der Waals surface area contributed by atoms with Gasteiger partial charge < -0.3 is 10.8 Å². The molecule has 7 heteroatoms. The van der Waals surface area contributed by atoms with Gasteiger partial charge in [-0.1, -0.05) is 17.7 Å². The third-order valence-corrected chi connectivity index (χ3v) is 3.05. The van der Waals surface area contributed by atoms with Crippen molar-refractivity contribution in [1.29, 1.82) is 0 Å². The molecule has 0 amide bonds. The monoisotopic (exact) mass is 289 g/mol. The first-order valence-electron chi connectivity index (χ1n) is 5.48. The van der Waals surface area contributed by atoms with Crippen molar-refractivity contribution >= 4 is 15.9 Å². The molecule has 0 aliphatic heterocycles. The lowest BCUT2D eigenvalue weighted by Crippen LogP contribution is -2.36. The fourth-order valence-corrected chi connectivity index (χ4v) is 1.44. The van der Waals surface area contributed by atoms with Crippen LogP contribution >= 0.6 is 0 Å². The standard InChI is InChI=1S/C7H8O3S.C5H11NO2/c1-6-2-4-7(5-3-6)11(8,9)10;1-5(2,8)4(7)3-6/h2-5H,1H3,(H,8,9,10);8H,3,6H2,1-2H3. The summed E-state index contributed by atoms with van der Waals surface area (Å²) >= 11 is 0. The fraction of sp³-hybridized carbons (Fsp3) is 0.417. The van der Waals surface area contributed by atoms with Gasteiger partial charge in [-0.25, -0.2) is 0 Å². The van der Waals surface area contributed by atoms with E-state index in [1.165, 1.54) is 26.0 Å². The third kappa shape index (κ3) is 7.02. The molecule has 0 aliphatic carbocycles. The molecule has 6 nitrogen and oxygen atoms in total. The first-order chi connectivity index (χ1) is 8.48. The predicted molar refractivity (Wildman–Crippen MR) is 71.4 cm³/mol. The van der Waals surface area contributed by atoms with E-state index in [9.17, 15) is 13.2 Å². The Bertz CT molecular complexity index is 514. The zero-order valence-electron chi connectivity index (χ0n) is 11.1. The Morgan fingerprint density at radius 2 is 1.68 bits per heavy atom. The molecule has 0 atom stereocenters. The van der Waals surface area contributed by atoms with Crippen molar-refractivity contribution < 1.29 is 22.9 Å². The SMILES string of the molecule is CC(C)(O)C(=O)CN.Cc1ccc(S(=O)(=O)O)cc1. The summed E-state index contributed by atoms with van der Waals surface area (Å²) in [5.41, 5.74) is 4.65. The van der Waals surface area contributed by atoms with Crippen LogP contribution in [-0.2, 0) is 14.9 Å². The molecule has 108 valence electrons. The van der Waals surface area contributed by atoms with E-state index in [1.807, 2.05) is 6.92 Å². The van der Waals surface area contributed by atoms with E-state index >= 15 is 0 Å². The molecule has 0 bridgehead atoms. The van der Waals surface area contributed by atoms with Crippen LogP contribution in [0.4, 0.5) is 0 Å². The van der Waals surface area contributed by atoms with Crippen molar-refractivity contribution in [3.63, 3.8) is 0 Å². The minimum atomic E-state index is -4.02. The van der Waals surface area contributed by atoms with Crippen LogP contribution in [0.15, 0.2) is 29.2 Å². The molecule has 0 unspecified atom stereocenters. The summed E-state index contributed by atoms with van der Waals surface area (Å²) in [6.45, 7) is 4.58. The second-order valence-corrected chi connectivity index (χ2v) is 5.90. The fourth-order valence-electron chi connectivity index (χ4n) is 0.960. The molecular weight excluding hydrogens is 270 g/mol. The topological polar surface area (TPSA) is 118 Å². The quantitative estimate of drug-likeness (QED) is 0.698. The van der Waals surface area contributed by atoms with Gasteiger partial charge in [0.05, 0.1) is 11.4 Å². The van der Waals surface area contributed by atoms with Gasteiger partial charge >= 0.3 is 0 Å². The van der Waals surface area contributed by atoms with Crippen LogP contribution in [0.25, 0.3) is 0 Å². The van der Waals surface area contributed by atoms with Gasteiger partial charge in [-0.3, -0.25) is 9.35 Å². The van der Waals surface area contributed by atoms with E-state index in [-0.39, 0.29) is 17.2 Å². The first kappa shape index (κ1) is 17.7. The molecule has 0 spiro atoms. The van der Waals surface area contributed by atoms with E-state index in [0.717, 1.165) is 5.56 Å². The minimum Gasteiger partial charge on any atom is -0.383 e. The van der Waals surface area contributed by atoms with Crippen LogP contribution in [0.5, 0.6) is 0 Å². The third-order valence-electron chi connectivity index (χ3n) is 2.19. The Labute approximate surface area is 113 Å². The van der Waals surface area contributed by atoms with Crippen LogP contribution < -0.4 is 5.73 Å². The Morgan fingerprint density at radius 3 is 1.89 bits per heavy atom. The average molecular weight is 289 g/mol. The molecular formula is C12H19NO5S. The average Bonchev–Trinajstić information content (AvgIpc) is 2.27. The van der Waals surface area contributed by atoms with Gasteiger partial charge in [0.2, 0.25) is 0 Å². The van der Waals surface area contributed by atoms with Crippen LogP contribution in [-0.4, -0.2) is 36.0 Å². The Hall–Kier alpha value is -1.28. The second-order valence-electron chi connectivity index (χ2n) is 4.47. The van der Waals surface area contributed by atoms with Crippen LogP contribution in [0.1, 0.15) is 19.4 Å². The Balaban J connectivity index is 0.000000362. The number of nitrogens with two attached hydrogens (primary N) is 1. The summed E-state index contributed by atoms with van der Waals surface area (Å²) in [5, 5.41) is 8.86. The van der Waals surface area contributed by atoms with Crippen LogP contribution in [0.2, 0.25) is 0 Å². The molecule has 0 heterocycles. The maximum absolute atomic E-state index is 10.5. The highest BCUT2D eigenvalue weighted by molar-refractivity contribution is 7.85. The Kier molecular flexibility index (Phi) is 6.31. The largest absolute Gasteiger partial charge is 0.383 e. The summed E-state index contributed by atoms with van der Waals surface area (Å²) in [7, 11) is -4.02. The Morgan fingerprint density at radius 1 is 1.26 bits per heavy atom. The van der Waals surface area contributed by atoms with Gasteiger partial charge in [-0.2, -0.15) is 8.42 Å². The van der Waals surface area contributed by atoms with Crippen LogP contribution in [0.3, 0.4) is 0 Å². The number of hydrogen-bond donors (Lipinski definition) is 3. The van der Waals surface area contributed by atoms with E-state index < -0.39 is 15.7 Å². The summed E-state index contributed by atoms with van der Waals surface area (Å²) in [6, 6.07) is 5.99. The number of Topliss-reactive ketones (excluding diaryl/α,β-unsaturated/α-hetero) is 1. The van der Waals surface area contributed by atoms with Gasteiger partial charge in [-0.05, 0) is 32.9 Å². The highest BCUT2D eigenvalue weighted by Crippen LogP contribution is 2.08. The maximum Gasteiger partial charge on any atom is 0.294 e. The van der Waals surface area contributed by atoms with Gasteiger partial charge in [-0.15, -0.1) is 0 Å². The lowest BCUT2D eigenvalue weighted by Gasteiger charge is -2.12. The van der Waals surface area contributed by atoms with E-state index in [0.29, 0.717) is 0 Å². The molecule has 0 aliphatic rings. The molecule has 0 saturated carbocycles. The smallest absolute Gasteiger partial charge is 0.294 e. The summed E-state index contributed by atoms with van der Waals surface area (Å²) < 4.78 is 29.6. The molecule has 1 aromatic carbocycles. The molecule has 4 N–H and O–H groups in total. The summed E-state index contributed by atoms with van der Waals surface area (Å²) in [4.78, 5) is 10.4. The number of carbonyl (C=O) groups excluding carboxylic acids is 1. The highest BCUT2D eigenvalue weighted by Gasteiger charge is 2.20. The molecule has 0 radical (unpaired) electrons. The number of hydrogen-bond acceptors (Lipinski definition) is 5. The van der Waals surface area contributed by atoms with Gasteiger partial charge in [0.1, 0.15) is 5.60 Å². The minimum absolute atomic E-state index is 0.0666. The number of aliphatic hydroxyl groups is 1. The van der Waals surface area contributed by atoms with E-state index in [2.05, 4.69) is 0 Å². The number of benzene rings is 1. The molecule has 0 fully saturated rings. The zero-order chi connectivity index (χ0) is 15.3. The van der Waals surface area contributed by atoms with E-state index in [1.54, 1.807) is 12.1 Å². The highest BCUT2D eigenvalue weighted by atomic mass is 32.2. The van der Waals surface area contributed by atoms with Gasteiger partial charge in [0.15, 0.2) is 5.78 Å². The lowest BCUT2D eigenvalue weighted by atomic mass is 10.1. The summed E-state index contributed by atoms with van der Waals surface area (Å²) in [6.07, 6.45) is 0.